The number of nitro groups is 1. The number of nitrogens with zero attached hydrogens (tertiary/aromatic N) is 1. The highest BCUT2D eigenvalue weighted by atomic mass is 16.6. The fourth-order valence-electron chi connectivity index (χ4n) is 2.47. The first kappa shape index (κ1) is 17.2. The lowest BCUT2D eigenvalue weighted by Gasteiger charge is -2.08. The van der Waals surface area contributed by atoms with E-state index in [1.54, 1.807) is 42.5 Å². The molecule has 0 saturated heterocycles. The second-order valence-electron chi connectivity index (χ2n) is 5.51. The lowest BCUT2D eigenvalue weighted by Crippen LogP contribution is -2.16. The van der Waals surface area contributed by atoms with Crippen LogP contribution in [0.3, 0.4) is 0 Å². The third-order valence-corrected chi connectivity index (χ3v) is 3.67. The zero-order valence-electron chi connectivity index (χ0n) is 13.6. The first-order chi connectivity index (χ1) is 12.5. The molecule has 3 rings (SSSR count). The molecule has 0 aliphatic carbocycles. The number of benzene rings is 2. The summed E-state index contributed by atoms with van der Waals surface area (Å²) in [4.78, 5) is 33.7. The smallest absolute Gasteiger partial charge is 0.336 e. The number of hydrogen-bond acceptors (Lipinski definition) is 6. The van der Waals surface area contributed by atoms with Crippen LogP contribution in [0.25, 0.3) is 11.0 Å². The van der Waals surface area contributed by atoms with Gasteiger partial charge in [0.1, 0.15) is 11.3 Å². The Morgan fingerprint density at radius 1 is 1.12 bits per heavy atom. The SMILES string of the molecule is O=C(CCNc1ccccc1[N+](=O)[O-])Nc1ccc2oc(=O)ccc2c1. The van der Waals surface area contributed by atoms with Gasteiger partial charge in [0.25, 0.3) is 5.69 Å². The van der Waals surface area contributed by atoms with Crippen LogP contribution in [0.1, 0.15) is 6.42 Å². The molecule has 0 spiro atoms. The topological polar surface area (TPSA) is 114 Å². The predicted octanol–water partition coefficient (Wildman–Crippen LogP) is 3.14. The van der Waals surface area contributed by atoms with Gasteiger partial charge < -0.3 is 15.1 Å². The lowest BCUT2D eigenvalue weighted by molar-refractivity contribution is -0.384. The van der Waals surface area contributed by atoms with Gasteiger partial charge in [0.2, 0.25) is 5.91 Å². The van der Waals surface area contributed by atoms with Crippen molar-refractivity contribution in [2.75, 3.05) is 17.2 Å². The van der Waals surface area contributed by atoms with Crippen LogP contribution in [0.4, 0.5) is 17.1 Å². The minimum atomic E-state index is -0.476. The van der Waals surface area contributed by atoms with Crippen LogP contribution in [0.15, 0.2) is 63.8 Å². The molecule has 0 saturated carbocycles. The summed E-state index contributed by atoms with van der Waals surface area (Å²) in [5.74, 6) is -0.243. The van der Waals surface area contributed by atoms with E-state index >= 15 is 0 Å². The fourth-order valence-corrected chi connectivity index (χ4v) is 2.47. The molecular formula is C18H15N3O5. The number of nitrogens with one attached hydrogen (secondary N) is 2. The quantitative estimate of drug-likeness (QED) is 0.400. The number of anilines is 2. The van der Waals surface area contributed by atoms with Crippen molar-refractivity contribution in [1.82, 2.24) is 0 Å². The van der Waals surface area contributed by atoms with Crippen molar-refractivity contribution in [3.63, 3.8) is 0 Å². The first-order valence-corrected chi connectivity index (χ1v) is 7.84. The van der Waals surface area contributed by atoms with Crippen molar-refractivity contribution in [2.45, 2.75) is 6.42 Å². The summed E-state index contributed by atoms with van der Waals surface area (Å²) in [5.41, 5.74) is 0.904. The van der Waals surface area contributed by atoms with Gasteiger partial charge in [0, 0.05) is 36.2 Å². The van der Waals surface area contributed by atoms with Gasteiger partial charge in [-0.05, 0) is 30.3 Å². The Kier molecular flexibility index (Phi) is 4.93. The van der Waals surface area contributed by atoms with Gasteiger partial charge in [0.05, 0.1) is 4.92 Å². The highest BCUT2D eigenvalue weighted by Gasteiger charge is 2.12. The van der Waals surface area contributed by atoms with E-state index in [9.17, 15) is 19.7 Å². The second-order valence-corrected chi connectivity index (χ2v) is 5.51. The number of carbonyl (C=O) groups excluding carboxylic acids is 1. The minimum absolute atomic E-state index is 0.0380. The van der Waals surface area contributed by atoms with E-state index in [0.717, 1.165) is 0 Å². The molecule has 0 aliphatic rings. The van der Waals surface area contributed by atoms with Crippen LogP contribution >= 0.6 is 0 Å². The van der Waals surface area contributed by atoms with Gasteiger partial charge in [-0.25, -0.2) is 4.79 Å². The van der Waals surface area contributed by atoms with Crippen molar-refractivity contribution in [1.29, 1.82) is 0 Å². The van der Waals surface area contributed by atoms with Crippen LogP contribution in [-0.2, 0) is 4.79 Å². The molecule has 8 nitrogen and oxygen atoms in total. The average Bonchev–Trinajstić information content (AvgIpc) is 2.62. The zero-order valence-corrected chi connectivity index (χ0v) is 13.6. The Hall–Kier alpha value is -3.68. The van der Waals surface area contributed by atoms with Crippen LogP contribution < -0.4 is 16.3 Å². The van der Waals surface area contributed by atoms with Crippen molar-refractivity contribution >= 4 is 33.9 Å². The summed E-state index contributed by atoms with van der Waals surface area (Å²) in [7, 11) is 0. The Morgan fingerprint density at radius 3 is 2.73 bits per heavy atom. The van der Waals surface area contributed by atoms with E-state index in [4.69, 9.17) is 4.42 Å². The zero-order chi connectivity index (χ0) is 18.5. The molecule has 0 aliphatic heterocycles. The molecular weight excluding hydrogens is 338 g/mol. The molecule has 26 heavy (non-hydrogen) atoms. The molecule has 2 N–H and O–H groups in total. The maximum Gasteiger partial charge on any atom is 0.336 e. The van der Waals surface area contributed by atoms with Crippen LogP contribution in [-0.4, -0.2) is 17.4 Å². The predicted molar refractivity (Wildman–Crippen MR) is 97.3 cm³/mol. The van der Waals surface area contributed by atoms with Crippen LogP contribution in [0.5, 0.6) is 0 Å². The minimum Gasteiger partial charge on any atom is -0.423 e. The molecule has 0 bridgehead atoms. The van der Waals surface area contributed by atoms with E-state index in [-0.39, 0.29) is 24.6 Å². The number of para-hydroxylation sites is 2. The van der Waals surface area contributed by atoms with Crippen LogP contribution in [0.2, 0.25) is 0 Å². The van der Waals surface area contributed by atoms with Gasteiger partial charge in [-0.2, -0.15) is 0 Å². The van der Waals surface area contributed by atoms with Crippen molar-refractivity contribution in [3.05, 3.63) is 75.1 Å². The van der Waals surface area contributed by atoms with Crippen molar-refractivity contribution in [2.24, 2.45) is 0 Å². The summed E-state index contributed by atoms with van der Waals surface area (Å²) in [6, 6.07) is 14.1. The molecule has 0 atom stereocenters. The molecule has 3 aromatic rings. The molecule has 1 amide bonds. The largest absolute Gasteiger partial charge is 0.423 e. The number of amides is 1. The summed E-state index contributed by atoms with van der Waals surface area (Å²) >= 11 is 0. The third kappa shape index (κ3) is 4.04. The Labute approximate surface area is 147 Å². The highest BCUT2D eigenvalue weighted by Crippen LogP contribution is 2.23. The summed E-state index contributed by atoms with van der Waals surface area (Å²) < 4.78 is 5.03. The number of fused-ring (bicyclic) bond motifs is 1. The number of carbonyl (C=O) groups is 1. The van der Waals surface area contributed by atoms with E-state index < -0.39 is 10.5 Å². The molecule has 1 heterocycles. The summed E-state index contributed by atoms with van der Waals surface area (Å²) in [6.45, 7) is 0.249. The Bertz CT molecular complexity index is 1030. The Morgan fingerprint density at radius 2 is 1.92 bits per heavy atom. The van der Waals surface area contributed by atoms with E-state index in [1.165, 1.54) is 12.1 Å². The van der Waals surface area contributed by atoms with Crippen molar-refractivity contribution in [3.8, 4) is 0 Å². The third-order valence-electron chi connectivity index (χ3n) is 3.67. The first-order valence-electron chi connectivity index (χ1n) is 7.84. The molecule has 0 radical (unpaired) electrons. The molecule has 2 aromatic carbocycles. The second kappa shape index (κ2) is 7.47. The van der Waals surface area contributed by atoms with E-state index in [1.807, 2.05) is 0 Å². The summed E-state index contributed by atoms with van der Waals surface area (Å²) in [5, 5.41) is 17.3. The standard InChI is InChI=1S/C18H15N3O5/c22-17(9-10-19-14-3-1-2-4-15(14)21(24)25)20-13-6-7-16-12(11-13)5-8-18(23)26-16/h1-8,11,19H,9-10H2,(H,20,22). The van der Waals surface area contributed by atoms with Gasteiger partial charge in [-0.15, -0.1) is 0 Å². The average molecular weight is 353 g/mol. The highest BCUT2D eigenvalue weighted by molar-refractivity contribution is 5.93. The molecule has 0 fully saturated rings. The van der Waals surface area contributed by atoms with Gasteiger partial charge in [0.15, 0.2) is 0 Å². The molecule has 132 valence electrons. The van der Waals surface area contributed by atoms with E-state index in [2.05, 4.69) is 10.6 Å². The van der Waals surface area contributed by atoms with E-state index in [0.29, 0.717) is 22.3 Å². The Balaban J connectivity index is 1.59. The normalized spacial score (nSPS) is 10.5. The number of hydrogen-bond donors (Lipinski definition) is 2. The number of nitro benzene ring substituents is 1. The van der Waals surface area contributed by atoms with Gasteiger partial charge in [-0.3, -0.25) is 14.9 Å². The summed E-state index contributed by atoms with van der Waals surface area (Å²) in [6.07, 6.45) is 0.133. The van der Waals surface area contributed by atoms with Crippen LogP contribution in [0, 0.1) is 10.1 Å². The fraction of sp³-hybridized carbons (Fsp3) is 0.111. The maximum atomic E-state index is 12.1. The number of rotatable bonds is 6. The lowest BCUT2D eigenvalue weighted by atomic mass is 10.2. The molecule has 1 aromatic heterocycles. The van der Waals surface area contributed by atoms with Crippen molar-refractivity contribution < 1.29 is 14.1 Å². The monoisotopic (exact) mass is 353 g/mol. The van der Waals surface area contributed by atoms with Gasteiger partial charge in [-0.1, -0.05) is 12.1 Å². The molecule has 0 unspecified atom stereocenters. The maximum absolute atomic E-state index is 12.1. The molecule has 8 heteroatoms. The van der Waals surface area contributed by atoms with Gasteiger partial charge >= 0.3 is 5.63 Å².